The van der Waals surface area contributed by atoms with Crippen LogP contribution in [0.15, 0.2) is 24.3 Å². The Hall–Kier alpha value is -2.18. The molecular weight excluding hydrogens is 294 g/mol. The van der Waals surface area contributed by atoms with Gasteiger partial charge in [-0.25, -0.2) is 0 Å². The van der Waals surface area contributed by atoms with Gasteiger partial charge in [-0.1, -0.05) is 20.8 Å². The number of benzene rings is 1. The molecule has 1 rings (SSSR count). The van der Waals surface area contributed by atoms with Gasteiger partial charge in [0.25, 0.3) is 0 Å². The van der Waals surface area contributed by atoms with Crippen molar-refractivity contribution in [1.29, 1.82) is 0 Å². The number of amides is 2. The van der Waals surface area contributed by atoms with Gasteiger partial charge < -0.3 is 15.4 Å². The Morgan fingerprint density at radius 2 is 1.68 bits per heavy atom. The van der Waals surface area contributed by atoms with Crippen molar-refractivity contribution in [3.05, 3.63) is 24.3 Å². The van der Waals surface area contributed by atoms with E-state index in [1.54, 1.807) is 27.7 Å². The number of halogens is 2. The molecule has 22 heavy (non-hydrogen) atoms. The van der Waals surface area contributed by atoms with Crippen LogP contribution in [0.1, 0.15) is 27.7 Å². The van der Waals surface area contributed by atoms with E-state index in [1.165, 1.54) is 24.3 Å². The number of carbonyl (C=O) groups excluding carboxylic acids is 2. The van der Waals surface area contributed by atoms with Crippen molar-refractivity contribution in [3.63, 3.8) is 0 Å². The van der Waals surface area contributed by atoms with Crippen LogP contribution in [0.3, 0.4) is 0 Å². The van der Waals surface area contributed by atoms with Crippen molar-refractivity contribution in [2.24, 2.45) is 5.41 Å². The summed E-state index contributed by atoms with van der Waals surface area (Å²) >= 11 is 0. The highest BCUT2D eigenvalue weighted by molar-refractivity contribution is 5.97. The summed E-state index contributed by atoms with van der Waals surface area (Å²) in [5.41, 5.74) is -0.175. The van der Waals surface area contributed by atoms with E-state index in [4.69, 9.17) is 0 Å². The maximum Gasteiger partial charge on any atom is 0.387 e. The highest BCUT2D eigenvalue weighted by atomic mass is 19.3. The van der Waals surface area contributed by atoms with Gasteiger partial charge in [-0.15, -0.1) is 0 Å². The minimum absolute atomic E-state index is 0.00193. The molecule has 0 heterocycles. The predicted molar refractivity (Wildman–Crippen MR) is 78.8 cm³/mol. The van der Waals surface area contributed by atoms with Crippen molar-refractivity contribution >= 4 is 17.5 Å². The van der Waals surface area contributed by atoms with Gasteiger partial charge in [0.1, 0.15) is 11.8 Å². The Labute approximate surface area is 128 Å². The SMILES string of the molecule is C[C@H](NC(=O)C(C)(C)C)C(=O)Nc1ccc(OC(F)F)cc1. The van der Waals surface area contributed by atoms with Crippen molar-refractivity contribution < 1.29 is 23.1 Å². The van der Waals surface area contributed by atoms with Crippen LogP contribution in [0.4, 0.5) is 14.5 Å². The summed E-state index contributed by atoms with van der Waals surface area (Å²) in [6.45, 7) is 3.90. The molecule has 2 amide bonds. The van der Waals surface area contributed by atoms with Gasteiger partial charge in [-0.3, -0.25) is 9.59 Å². The third-order valence-corrected chi connectivity index (χ3v) is 2.77. The molecule has 0 bridgehead atoms. The van der Waals surface area contributed by atoms with E-state index in [0.717, 1.165) is 0 Å². The lowest BCUT2D eigenvalue weighted by atomic mass is 9.95. The molecule has 0 saturated heterocycles. The van der Waals surface area contributed by atoms with E-state index >= 15 is 0 Å². The van der Waals surface area contributed by atoms with Crippen molar-refractivity contribution in [2.75, 3.05) is 5.32 Å². The Morgan fingerprint density at radius 1 is 1.14 bits per heavy atom. The van der Waals surface area contributed by atoms with E-state index in [-0.39, 0.29) is 11.7 Å². The average Bonchev–Trinajstić information content (AvgIpc) is 2.39. The van der Waals surface area contributed by atoms with E-state index in [0.29, 0.717) is 5.69 Å². The Bertz CT molecular complexity index is 525. The summed E-state index contributed by atoms with van der Waals surface area (Å²) in [7, 11) is 0. The molecule has 122 valence electrons. The van der Waals surface area contributed by atoms with Crippen LogP contribution in [-0.2, 0) is 9.59 Å². The fourth-order valence-electron chi connectivity index (χ4n) is 1.45. The van der Waals surface area contributed by atoms with Gasteiger partial charge in [0, 0.05) is 11.1 Å². The van der Waals surface area contributed by atoms with Crippen LogP contribution >= 0.6 is 0 Å². The monoisotopic (exact) mass is 314 g/mol. The first-order valence-corrected chi connectivity index (χ1v) is 6.76. The van der Waals surface area contributed by atoms with E-state index < -0.39 is 24.0 Å². The van der Waals surface area contributed by atoms with Crippen molar-refractivity contribution in [1.82, 2.24) is 5.32 Å². The standard InChI is InChI=1S/C15H20F2N2O3/c1-9(18-13(21)15(2,3)4)12(20)19-10-5-7-11(8-6-10)22-14(16)17/h5-9,14H,1-4H3,(H,18,21)(H,19,20)/t9-/m0/s1. The molecule has 0 aliphatic heterocycles. The average molecular weight is 314 g/mol. The lowest BCUT2D eigenvalue weighted by Crippen LogP contribution is -2.46. The molecular formula is C15H20F2N2O3. The van der Waals surface area contributed by atoms with Gasteiger partial charge in [0.05, 0.1) is 0 Å². The summed E-state index contributed by atoms with van der Waals surface area (Å²) < 4.78 is 28.3. The predicted octanol–water partition coefficient (Wildman–Crippen LogP) is 2.78. The molecule has 0 aromatic heterocycles. The number of ether oxygens (including phenoxy) is 1. The number of carbonyl (C=O) groups is 2. The summed E-state index contributed by atoms with van der Waals surface area (Å²) in [6.07, 6.45) is 0. The molecule has 1 atom stereocenters. The van der Waals surface area contributed by atoms with E-state index in [9.17, 15) is 18.4 Å². The second kappa shape index (κ2) is 7.20. The zero-order valence-electron chi connectivity index (χ0n) is 12.9. The zero-order chi connectivity index (χ0) is 16.9. The minimum Gasteiger partial charge on any atom is -0.435 e. The maximum atomic E-state index is 12.0. The van der Waals surface area contributed by atoms with Gasteiger partial charge in [0.15, 0.2) is 0 Å². The first-order chi connectivity index (χ1) is 10.1. The molecule has 0 spiro atoms. The molecule has 1 aromatic carbocycles. The van der Waals surface area contributed by atoms with Crippen LogP contribution in [0, 0.1) is 5.41 Å². The maximum absolute atomic E-state index is 12.0. The Kier molecular flexibility index (Phi) is 5.84. The van der Waals surface area contributed by atoms with Crippen LogP contribution in [-0.4, -0.2) is 24.5 Å². The highest BCUT2D eigenvalue weighted by Gasteiger charge is 2.25. The number of alkyl halides is 2. The van der Waals surface area contributed by atoms with Gasteiger partial charge in [0.2, 0.25) is 11.8 Å². The minimum atomic E-state index is -2.90. The zero-order valence-corrected chi connectivity index (χ0v) is 12.9. The Balaban J connectivity index is 2.59. The second-order valence-electron chi connectivity index (χ2n) is 5.84. The molecule has 2 N–H and O–H groups in total. The topological polar surface area (TPSA) is 67.4 Å². The third kappa shape index (κ3) is 5.67. The number of hydrogen-bond acceptors (Lipinski definition) is 3. The first-order valence-electron chi connectivity index (χ1n) is 6.76. The molecule has 0 aliphatic rings. The fourth-order valence-corrected chi connectivity index (χ4v) is 1.45. The molecule has 7 heteroatoms. The first kappa shape index (κ1) is 17.9. The summed E-state index contributed by atoms with van der Waals surface area (Å²) in [6, 6.07) is 4.80. The molecule has 0 radical (unpaired) electrons. The summed E-state index contributed by atoms with van der Waals surface area (Å²) in [4.78, 5) is 23.8. The van der Waals surface area contributed by atoms with Crippen LogP contribution < -0.4 is 15.4 Å². The molecule has 0 unspecified atom stereocenters. The number of hydrogen-bond donors (Lipinski definition) is 2. The number of anilines is 1. The van der Waals surface area contributed by atoms with Crippen LogP contribution in [0.25, 0.3) is 0 Å². The third-order valence-electron chi connectivity index (χ3n) is 2.77. The molecule has 1 aromatic rings. The molecule has 5 nitrogen and oxygen atoms in total. The fraction of sp³-hybridized carbons (Fsp3) is 0.467. The quantitative estimate of drug-likeness (QED) is 0.878. The largest absolute Gasteiger partial charge is 0.435 e. The van der Waals surface area contributed by atoms with Crippen LogP contribution in [0.2, 0.25) is 0 Å². The van der Waals surface area contributed by atoms with Crippen molar-refractivity contribution in [3.8, 4) is 5.75 Å². The summed E-state index contributed by atoms with van der Waals surface area (Å²) in [5.74, 6) is -0.641. The second-order valence-corrected chi connectivity index (χ2v) is 5.84. The van der Waals surface area contributed by atoms with E-state index in [2.05, 4.69) is 15.4 Å². The normalized spacial score (nSPS) is 12.7. The van der Waals surface area contributed by atoms with Gasteiger partial charge >= 0.3 is 6.61 Å². The molecule has 0 fully saturated rings. The van der Waals surface area contributed by atoms with Gasteiger partial charge in [-0.05, 0) is 31.2 Å². The van der Waals surface area contributed by atoms with Gasteiger partial charge in [-0.2, -0.15) is 8.78 Å². The van der Waals surface area contributed by atoms with E-state index in [1.807, 2.05) is 0 Å². The van der Waals surface area contributed by atoms with Crippen molar-refractivity contribution in [2.45, 2.75) is 40.3 Å². The Morgan fingerprint density at radius 3 is 2.14 bits per heavy atom. The summed E-state index contributed by atoms with van der Waals surface area (Å²) in [5, 5.41) is 5.18. The highest BCUT2D eigenvalue weighted by Crippen LogP contribution is 2.18. The lowest BCUT2D eigenvalue weighted by molar-refractivity contribution is -0.131. The number of nitrogens with one attached hydrogen (secondary N) is 2. The number of rotatable bonds is 5. The molecule has 0 saturated carbocycles. The smallest absolute Gasteiger partial charge is 0.387 e. The lowest BCUT2D eigenvalue weighted by Gasteiger charge is -2.21. The van der Waals surface area contributed by atoms with Crippen LogP contribution in [0.5, 0.6) is 5.75 Å². The molecule has 0 aliphatic carbocycles.